The quantitative estimate of drug-likeness (QED) is 0.0956. The van der Waals surface area contributed by atoms with Crippen molar-refractivity contribution in [2.45, 2.75) is 236 Å². The predicted molar refractivity (Wildman–Crippen MR) is 515 cm³/mol. The van der Waals surface area contributed by atoms with Crippen LogP contribution in [0.3, 0.4) is 0 Å². The molecule has 0 atom stereocenters. The second-order valence-corrected chi connectivity index (χ2v) is 43.5. The van der Waals surface area contributed by atoms with Gasteiger partial charge in [0.15, 0.2) is 0 Å². The molecule has 0 saturated carbocycles. The molecular weight excluding hydrogens is 1660 g/mol. The first-order valence-corrected chi connectivity index (χ1v) is 43.4. The summed E-state index contributed by atoms with van der Waals surface area (Å²) in [5.74, 6) is 1.68. The van der Waals surface area contributed by atoms with Crippen LogP contribution in [0, 0.1) is 18.5 Å². The smallest absolute Gasteiger partial charge is 0.242 e. The van der Waals surface area contributed by atoms with E-state index in [0.717, 1.165) is 116 Å². The van der Waals surface area contributed by atoms with Gasteiger partial charge in [-0.25, -0.2) is 4.98 Å². The van der Waals surface area contributed by atoms with Gasteiger partial charge in [-0.05, 0) is 207 Å². The maximum atomic E-state index is 9.74. The number of fused-ring (bicyclic) bond motifs is 7. The molecule has 4 aromatic heterocycles. The molecule has 0 amide bonds. The van der Waals surface area contributed by atoms with E-state index < -0.39 is 6.98 Å². The minimum Gasteiger partial charge on any atom is -0.510 e. The second kappa shape index (κ2) is 30.7. The SMILES string of the molecule is [2H]C([2H])([2H])[n+]1[c-]n(-c2[c-]c(Oc3[c-]c4c(cc3)c3ccccc3n4-c3cc(C(C)(C)C)ccn3)ccc2)c2cccc(-n3c4cc(-c5c(-c6cc(C(C)(C)C)cc(C(C)(C)C)c6)cccc5-c5cc(C(C)(C)C)cc(C(C)(C)C)c5)ccc4c4ccc(-c5c(-c6cc(C(C)(C)C)cc(C(C)(C)C)c6)cccc5-c5cc(C(C)(C)C)cc(C(C)(C)C)c5)cc43)c21.[Pt]. The number of para-hydroxylation sites is 2. The first kappa shape index (κ1) is 82.3. The number of ether oxygens (including phenoxy) is 1. The Morgan fingerprint density at radius 1 is 0.311 bits per heavy atom. The van der Waals surface area contributed by atoms with Crippen LogP contribution in [0.4, 0.5) is 0 Å². The van der Waals surface area contributed by atoms with Gasteiger partial charge in [0.05, 0.1) is 33.2 Å². The molecule has 7 heteroatoms. The summed E-state index contributed by atoms with van der Waals surface area (Å²) in [5, 5.41) is 4.12. The Morgan fingerprint density at radius 3 is 1.09 bits per heavy atom. The fourth-order valence-corrected chi connectivity index (χ4v) is 17.3. The Hall–Kier alpha value is -10.7. The summed E-state index contributed by atoms with van der Waals surface area (Å²) in [4.78, 5) is 4.95. The molecule has 0 aliphatic rings. The minimum atomic E-state index is -2.74. The number of aromatic nitrogens is 5. The van der Waals surface area contributed by atoms with Crippen LogP contribution in [-0.2, 0) is 76.8 Å². The van der Waals surface area contributed by atoms with Crippen LogP contribution in [0.15, 0.2) is 237 Å². The first-order chi connectivity index (χ1) is 57.7. The number of aryl methyl sites for hydroxylation is 1. The number of hydrogen-bond acceptors (Lipinski definition) is 2. The molecule has 6 nitrogen and oxygen atoms in total. The van der Waals surface area contributed by atoms with Gasteiger partial charge in [0.25, 0.3) is 0 Å². The van der Waals surface area contributed by atoms with E-state index in [0.29, 0.717) is 33.9 Å². The molecule has 4 heterocycles. The van der Waals surface area contributed by atoms with Crippen LogP contribution in [0.2, 0.25) is 0 Å². The fourth-order valence-electron chi connectivity index (χ4n) is 17.3. The van der Waals surface area contributed by atoms with Gasteiger partial charge >= 0.3 is 0 Å². The molecule has 0 spiro atoms. The van der Waals surface area contributed by atoms with Gasteiger partial charge in [-0.2, -0.15) is 18.2 Å². The summed E-state index contributed by atoms with van der Waals surface area (Å²) >= 11 is 0. The van der Waals surface area contributed by atoms with Crippen molar-refractivity contribution in [3.05, 3.63) is 305 Å². The van der Waals surface area contributed by atoms with E-state index in [1.54, 1.807) is 0 Å². The minimum absolute atomic E-state index is 0. The van der Waals surface area contributed by atoms with Gasteiger partial charge in [-0.15, -0.1) is 29.7 Å². The van der Waals surface area contributed by atoms with Crippen molar-refractivity contribution in [2.24, 2.45) is 6.98 Å². The summed E-state index contributed by atoms with van der Waals surface area (Å²) in [6, 6.07) is 92.9. The van der Waals surface area contributed by atoms with Crippen LogP contribution < -0.4 is 9.30 Å². The molecule has 12 aromatic carbocycles. The molecule has 0 aliphatic carbocycles. The first-order valence-electron chi connectivity index (χ1n) is 44.9. The number of hydrogen-bond donors (Lipinski definition) is 0. The maximum Gasteiger partial charge on any atom is 0.242 e. The summed E-state index contributed by atoms with van der Waals surface area (Å²) < 4.78 is 43.8. The molecule has 0 radical (unpaired) electrons. The van der Waals surface area contributed by atoms with Crippen LogP contribution in [-0.4, -0.2) is 18.7 Å². The third-order valence-corrected chi connectivity index (χ3v) is 24.9. The van der Waals surface area contributed by atoms with E-state index in [-0.39, 0.29) is 69.8 Å². The standard InChI is InChI=1S/C115H123N5O.Pt/c1-107(2,3)77-51-52-116-103(67-77)120-97-42-30-29-37-93(97)96-50-47-88(69-102(96)120)121-87-36-31-35-86(68-87)118-70-117(28)106-98(118)43-34-44-99(106)119-100-61-71(104-89(73-53-78(108(4,5)6)63-79(54-73)109(7,8)9)38-32-39-90(104)74-55-80(110(10,11)12)64-81(56-74)111(13,14)15)45-48-94(100)95-49-46-72(62-101(95)119)105-91(75-57-82(112(16,17)18)65-83(58-75)113(19,20)21)40-33-41-92(105)76-59-84(114(22,23)24)66-85(60-76)115(25,26)27;/h29-67H,1-28H3;/q-2;/i28D3;. The van der Waals surface area contributed by atoms with Gasteiger partial charge in [0.1, 0.15) is 5.82 Å². The summed E-state index contributed by atoms with van der Waals surface area (Å²) in [7, 11) is 0. The van der Waals surface area contributed by atoms with E-state index >= 15 is 0 Å². The van der Waals surface area contributed by atoms with Crippen molar-refractivity contribution >= 4 is 54.6 Å². The van der Waals surface area contributed by atoms with Crippen LogP contribution >= 0.6 is 0 Å². The Bertz CT molecular complexity index is 6360. The molecule has 16 aromatic rings. The molecule has 122 heavy (non-hydrogen) atoms. The number of benzene rings is 12. The molecule has 626 valence electrons. The average molecular weight is 1790 g/mol. The Morgan fingerprint density at radius 2 is 0.680 bits per heavy atom. The van der Waals surface area contributed by atoms with Gasteiger partial charge in [-0.3, -0.25) is 0 Å². The molecule has 16 rings (SSSR count). The van der Waals surface area contributed by atoms with E-state index in [9.17, 15) is 4.11 Å². The third kappa shape index (κ3) is 16.4. The van der Waals surface area contributed by atoms with E-state index in [1.807, 2.05) is 41.1 Å². The average Bonchev–Trinajstić information content (AvgIpc) is 1.55. The number of nitrogens with zero attached hydrogens (tertiary/aromatic N) is 5. The van der Waals surface area contributed by atoms with E-state index in [1.165, 1.54) is 54.6 Å². The van der Waals surface area contributed by atoms with Crippen molar-refractivity contribution in [1.29, 1.82) is 0 Å². The molecule has 0 aliphatic heterocycles. The van der Waals surface area contributed by atoms with E-state index in [2.05, 4.69) is 415 Å². The molecule has 0 saturated heterocycles. The zero-order valence-corrected chi connectivity index (χ0v) is 79.2. The summed E-state index contributed by atoms with van der Waals surface area (Å²) in [6.07, 6.45) is 5.35. The van der Waals surface area contributed by atoms with Crippen LogP contribution in [0.5, 0.6) is 11.5 Å². The van der Waals surface area contributed by atoms with Crippen molar-refractivity contribution < 1.29 is 34.5 Å². The zero-order valence-electron chi connectivity index (χ0n) is 80.0. The van der Waals surface area contributed by atoms with Crippen LogP contribution in [0.25, 0.3) is 139 Å². The molecule has 0 bridgehead atoms. The van der Waals surface area contributed by atoms with Crippen molar-refractivity contribution in [1.82, 2.24) is 18.7 Å². The number of imidazole rings is 1. The van der Waals surface area contributed by atoms with Crippen molar-refractivity contribution in [2.75, 3.05) is 0 Å². The van der Waals surface area contributed by atoms with Gasteiger partial charge in [-0.1, -0.05) is 362 Å². The Balaban J connectivity index is 0.0000121. The third-order valence-electron chi connectivity index (χ3n) is 24.9. The van der Waals surface area contributed by atoms with Gasteiger partial charge in [0, 0.05) is 60.7 Å². The van der Waals surface area contributed by atoms with Crippen molar-refractivity contribution in [3.63, 3.8) is 0 Å². The van der Waals surface area contributed by atoms with Crippen LogP contribution in [0.1, 0.15) is 241 Å². The zero-order chi connectivity index (χ0) is 89.2. The summed E-state index contributed by atoms with van der Waals surface area (Å²) in [5.41, 5.74) is 29.1. The monoisotopic (exact) mass is 1790 g/mol. The molecule has 0 N–H and O–H groups in total. The number of pyridine rings is 1. The largest absolute Gasteiger partial charge is 0.510 e. The second-order valence-electron chi connectivity index (χ2n) is 43.5. The van der Waals surface area contributed by atoms with Gasteiger partial charge < -0.3 is 23.0 Å². The Kier molecular flexibility index (Phi) is 20.7. The molecule has 0 unspecified atom stereocenters. The van der Waals surface area contributed by atoms with Crippen molar-refractivity contribution in [3.8, 4) is 95.5 Å². The normalized spacial score (nSPS) is 13.5. The molecular formula is C115H123N5OPt-2. The summed E-state index contributed by atoms with van der Waals surface area (Å²) in [6.45, 7) is 59.6. The van der Waals surface area contributed by atoms with Gasteiger partial charge in [0.2, 0.25) is 6.33 Å². The predicted octanol–water partition coefficient (Wildman–Crippen LogP) is 30.9. The maximum absolute atomic E-state index is 9.74. The Labute approximate surface area is 746 Å². The molecule has 0 fully saturated rings. The fraction of sp³-hybridized carbons (Fsp3) is 0.322. The van der Waals surface area contributed by atoms with E-state index in [4.69, 9.17) is 9.72 Å². The number of rotatable bonds is 11. The topological polar surface area (TPSA) is 40.8 Å².